The van der Waals surface area contributed by atoms with Crippen molar-refractivity contribution in [2.45, 2.75) is 6.42 Å². The van der Waals surface area contributed by atoms with Gasteiger partial charge in [0.1, 0.15) is 6.61 Å². The third-order valence-corrected chi connectivity index (χ3v) is 3.57. The van der Waals surface area contributed by atoms with Crippen LogP contribution in [-0.4, -0.2) is 24.3 Å². The number of ether oxygens (including phenoxy) is 1. The molecule has 0 radical (unpaired) electrons. The Kier molecular flexibility index (Phi) is 5.83. The third kappa shape index (κ3) is 4.19. The minimum Gasteiger partial charge on any atom is -0.480 e. The van der Waals surface area contributed by atoms with E-state index < -0.39 is 5.97 Å². The lowest BCUT2D eigenvalue weighted by atomic mass is 10.1. The average Bonchev–Trinajstić information content (AvgIpc) is 2.24. The molecule has 0 aliphatic carbocycles. The van der Waals surface area contributed by atoms with Gasteiger partial charge in [0.15, 0.2) is 0 Å². The molecule has 0 fully saturated rings. The molecule has 0 spiro atoms. The highest BCUT2D eigenvalue weighted by Gasteiger charge is 2.13. The fourth-order valence-corrected chi connectivity index (χ4v) is 2.29. The predicted molar refractivity (Wildman–Crippen MR) is 68.6 cm³/mol. The van der Waals surface area contributed by atoms with Gasteiger partial charge in [-0.3, -0.25) is 0 Å². The number of rotatable bonds is 5. The quantitative estimate of drug-likeness (QED) is 0.508. The zero-order valence-electron chi connectivity index (χ0n) is 8.47. The van der Waals surface area contributed by atoms with Crippen LogP contribution in [0, 0.1) is 0 Å². The summed E-state index contributed by atoms with van der Waals surface area (Å²) in [5, 5.41) is 9.53. The Morgan fingerprint density at radius 1 is 1.18 bits per heavy atom. The summed E-state index contributed by atoms with van der Waals surface area (Å²) >= 11 is 23.6. The van der Waals surface area contributed by atoms with Gasteiger partial charge < -0.3 is 9.84 Å². The SMILES string of the molecule is O=C(O)COCCc1c(Cl)cc(Cl)c(Cl)c1Cl. The molecular formula is C10H8Cl4O3. The molecule has 0 saturated carbocycles. The molecule has 0 bridgehead atoms. The minimum atomic E-state index is -1.03. The largest absolute Gasteiger partial charge is 0.480 e. The van der Waals surface area contributed by atoms with Crippen LogP contribution < -0.4 is 0 Å². The lowest BCUT2D eigenvalue weighted by Gasteiger charge is -2.09. The highest BCUT2D eigenvalue weighted by Crippen LogP contribution is 2.37. The number of benzene rings is 1. The van der Waals surface area contributed by atoms with E-state index in [4.69, 9.17) is 56.2 Å². The Balaban J connectivity index is 2.71. The fraction of sp³-hybridized carbons (Fsp3) is 0.300. The van der Waals surface area contributed by atoms with Crippen molar-refractivity contribution in [2.75, 3.05) is 13.2 Å². The smallest absolute Gasteiger partial charge is 0.329 e. The van der Waals surface area contributed by atoms with E-state index >= 15 is 0 Å². The number of carboxylic acids is 1. The Bertz CT molecular complexity index is 434. The molecule has 17 heavy (non-hydrogen) atoms. The van der Waals surface area contributed by atoms with E-state index in [2.05, 4.69) is 0 Å². The van der Waals surface area contributed by atoms with Gasteiger partial charge in [-0.1, -0.05) is 46.4 Å². The van der Waals surface area contributed by atoms with Crippen LogP contribution in [0.15, 0.2) is 6.07 Å². The highest BCUT2D eigenvalue weighted by molar-refractivity contribution is 6.49. The number of hydrogen-bond acceptors (Lipinski definition) is 2. The molecule has 0 saturated heterocycles. The van der Waals surface area contributed by atoms with Crippen molar-refractivity contribution in [1.29, 1.82) is 0 Å². The first-order valence-corrected chi connectivity index (χ1v) is 6.06. The maximum absolute atomic E-state index is 10.2. The Morgan fingerprint density at radius 2 is 1.82 bits per heavy atom. The van der Waals surface area contributed by atoms with Crippen LogP contribution in [0.25, 0.3) is 0 Å². The van der Waals surface area contributed by atoms with Crippen LogP contribution >= 0.6 is 46.4 Å². The first kappa shape index (κ1) is 14.9. The molecule has 0 aliphatic rings. The van der Waals surface area contributed by atoms with Crippen LogP contribution in [0.5, 0.6) is 0 Å². The summed E-state index contributed by atoms with van der Waals surface area (Å²) in [6, 6.07) is 1.49. The number of carbonyl (C=O) groups is 1. The molecule has 0 heterocycles. The lowest BCUT2D eigenvalue weighted by molar-refractivity contribution is -0.142. The van der Waals surface area contributed by atoms with Gasteiger partial charge in [0.25, 0.3) is 0 Å². The third-order valence-electron chi connectivity index (χ3n) is 1.93. The summed E-state index contributed by atoms with van der Waals surface area (Å²) in [7, 11) is 0. The number of hydrogen-bond donors (Lipinski definition) is 1. The van der Waals surface area contributed by atoms with Gasteiger partial charge in [0.05, 0.1) is 21.7 Å². The molecule has 0 atom stereocenters. The summed E-state index contributed by atoms with van der Waals surface area (Å²) < 4.78 is 4.89. The van der Waals surface area contributed by atoms with Gasteiger partial charge in [-0.25, -0.2) is 4.79 Å². The Hall–Kier alpha value is -0.190. The second kappa shape index (κ2) is 6.66. The van der Waals surface area contributed by atoms with Crippen LogP contribution in [0.3, 0.4) is 0 Å². The van der Waals surface area contributed by atoms with Crippen molar-refractivity contribution in [3.05, 3.63) is 31.7 Å². The summed E-state index contributed by atoms with van der Waals surface area (Å²) in [5.74, 6) is -1.03. The van der Waals surface area contributed by atoms with E-state index in [1.165, 1.54) is 6.07 Å². The van der Waals surface area contributed by atoms with Crippen LogP contribution in [0.1, 0.15) is 5.56 Å². The second-order valence-corrected chi connectivity index (χ2v) is 4.71. The normalized spacial score (nSPS) is 10.6. The Morgan fingerprint density at radius 3 is 2.41 bits per heavy atom. The maximum Gasteiger partial charge on any atom is 0.329 e. The Labute approximate surface area is 118 Å². The molecule has 1 aromatic carbocycles. The number of halogens is 4. The van der Waals surface area contributed by atoms with Crippen molar-refractivity contribution >= 4 is 52.4 Å². The summed E-state index contributed by atoms with van der Waals surface area (Å²) in [6.45, 7) is -0.180. The lowest BCUT2D eigenvalue weighted by Crippen LogP contribution is -2.09. The molecule has 0 aromatic heterocycles. The first-order chi connectivity index (χ1) is 7.93. The summed E-state index contributed by atoms with van der Waals surface area (Å²) in [6.07, 6.45) is 0.363. The van der Waals surface area contributed by atoms with Crippen molar-refractivity contribution in [2.24, 2.45) is 0 Å². The summed E-state index contributed by atoms with van der Waals surface area (Å²) in [4.78, 5) is 10.2. The molecule has 1 aromatic rings. The first-order valence-electron chi connectivity index (χ1n) is 4.55. The molecule has 94 valence electrons. The maximum atomic E-state index is 10.2. The highest BCUT2D eigenvalue weighted by atomic mass is 35.5. The van der Waals surface area contributed by atoms with Gasteiger partial charge in [-0.05, 0) is 18.1 Å². The standard InChI is InChI=1S/C10H8Cl4O3/c11-6-3-7(12)10(14)9(13)5(6)1-2-17-4-8(15)16/h3H,1-2,4H2,(H,15,16). The number of carboxylic acid groups (broad SMARTS) is 1. The fourth-order valence-electron chi connectivity index (χ4n) is 1.17. The van der Waals surface area contributed by atoms with Crippen LogP contribution in [-0.2, 0) is 16.0 Å². The van der Waals surface area contributed by atoms with Crippen molar-refractivity contribution in [3.8, 4) is 0 Å². The van der Waals surface area contributed by atoms with Gasteiger partial charge in [-0.15, -0.1) is 0 Å². The van der Waals surface area contributed by atoms with Gasteiger partial charge in [-0.2, -0.15) is 0 Å². The van der Waals surface area contributed by atoms with Crippen molar-refractivity contribution < 1.29 is 14.6 Å². The molecule has 1 rings (SSSR count). The van der Waals surface area contributed by atoms with Gasteiger partial charge in [0.2, 0.25) is 0 Å². The zero-order valence-corrected chi connectivity index (χ0v) is 11.5. The van der Waals surface area contributed by atoms with Gasteiger partial charge in [0, 0.05) is 5.02 Å². The van der Waals surface area contributed by atoms with Crippen LogP contribution in [0.4, 0.5) is 0 Å². The van der Waals surface area contributed by atoms with Crippen LogP contribution in [0.2, 0.25) is 20.1 Å². The topological polar surface area (TPSA) is 46.5 Å². The molecule has 0 amide bonds. The summed E-state index contributed by atoms with van der Waals surface area (Å²) in [5.41, 5.74) is 0.591. The number of aliphatic carboxylic acids is 1. The van der Waals surface area contributed by atoms with E-state index in [1.54, 1.807) is 0 Å². The molecule has 7 heteroatoms. The zero-order chi connectivity index (χ0) is 13.0. The minimum absolute atomic E-state index is 0.184. The van der Waals surface area contributed by atoms with E-state index in [1.807, 2.05) is 0 Å². The van der Waals surface area contributed by atoms with E-state index in [9.17, 15) is 4.79 Å². The molecule has 1 N–H and O–H groups in total. The predicted octanol–water partition coefficient (Wildman–Crippen LogP) is 3.94. The molecular weight excluding hydrogens is 310 g/mol. The monoisotopic (exact) mass is 316 g/mol. The van der Waals surface area contributed by atoms with Crippen molar-refractivity contribution in [3.63, 3.8) is 0 Å². The molecule has 0 unspecified atom stereocenters. The van der Waals surface area contributed by atoms with E-state index in [0.717, 1.165) is 0 Å². The van der Waals surface area contributed by atoms with Crippen molar-refractivity contribution in [1.82, 2.24) is 0 Å². The van der Waals surface area contributed by atoms with E-state index in [0.29, 0.717) is 17.0 Å². The molecule has 3 nitrogen and oxygen atoms in total. The average molecular weight is 318 g/mol. The van der Waals surface area contributed by atoms with E-state index in [-0.39, 0.29) is 28.3 Å². The molecule has 0 aliphatic heterocycles. The second-order valence-electron chi connectivity index (χ2n) is 3.14. The van der Waals surface area contributed by atoms with Gasteiger partial charge >= 0.3 is 5.97 Å².